The number of nitrogens with one attached hydrogen (secondary N) is 4. The normalized spacial score (nSPS) is 13.5. The number of hydrogen-bond acceptors (Lipinski definition) is 6. The predicted molar refractivity (Wildman–Crippen MR) is 117 cm³/mol. The molecule has 0 aliphatic heterocycles. The number of carboxylic acids is 2. The Morgan fingerprint density at radius 1 is 1.06 bits per heavy atom. The van der Waals surface area contributed by atoms with Crippen molar-refractivity contribution < 1.29 is 34.2 Å². The molecule has 178 valence electrons. The summed E-state index contributed by atoms with van der Waals surface area (Å²) in [5, 5.41) is 25.6. The molecular weight excluding hydrogens is 434 g/mol. The van der Waals surface area contributed by atoms with E-state index in [1.165, 1.54) is 6.92 Å². The number of hydrogen-bond donors (Lipinski definition) is 7. The number of H-pyrrole nitrogens is 1. The highest BCUT2D eigenvalue weighted by atomic mass is 16.4. The summed E-state index contributed by atoms with van der Waals surface area (Å²) in [6, 6.07) is 3.97. The molecule has 0 saturated carbocycles. The molecule has 12 heteroatoms. The van der Waals surface area contributed by atoms with Gasteiger partial charge in [0.1, 0.15) is 12.1 Å². The Morgan fingerprint density at radius 2 is 1.76 bits per heavy atom. The van der Waals surface area contributed by atoms with Crippen LogP contribution < -0.4 is 21.7 Å². The maximum absolute atomic E-state index is 12.8. The molecule has 0 saturated heterocycles. The topological polar surface area (TPSA) is 204 Å². The van der Waals surface area contributed by atoms with Gasteiger partial charge in [-0.2, -0.15) is 0 Å². The molecule has 1 aromatic heterocycles. The van der Waals surface area contributed by atoms with Crippen molar-refractivity contribution in [1.29, 1.82) is 0 Å². The Kier molecular flexibility index (Phi) is 8.92. The first kappa shape index (κ1) is 25.3. The molecule has 0 radical (unpaired) electrons. The third-order valence-electron chi connectivity index (χ3n) is 4.91. The lowest BCUT2D eigenvalue weighted by atomic mass is 10.0. The number of benzene rings is 1. The molecule has 8 N–H and O–H groups in total. The van der Waals surface area contributed by atoms with Crippen LogP contribution in [0.25, 0.3) is 10.9 Å². The van der Waals surface area contributed by atoms with Crippen LogP contribution in [0.15, 0.2) is 30.5 Å². The summed E-state index contributed by atoms with van der Waals surface area (Å²) in [6.07, 6.45) is 1.34. The average Bonchev–Trinajstić information content (AvgIpc) is 3.17. The maximum atomic E-state index is 12.8. The van der Waals surface area contributed by atoms with Crippen LogP contribution in [-0.2, 0) is 30.4 Å². The maximum Gasteiger partial charge on any atom is 0.325 e. The fraction of sp³-hybridized carbons (Fsp3) is 0.381. The lowest BCUT2D eigenvalue weighted by Gasteiger charge is -2.20. The quantitative estimate of drug-likeness (QED) is 0.210. The van der Waals surface area contributed by atoms with Crippen molar-refractivity contribution >= 4 is 40.6 Å². The lowest BCUT2D eigenvalue weighted by molar-refractivity contribution is -0.141. The zero-order valence-electron chi connectivity index (χ0n) is 18.0. The molecule has 2 rings (SSSR count). The van der Waals surface area contributed by atoms with Crippen LogP contribution in [0.1, 0.15) is 25.3 Å². The Balaban J connectivity index is 2.11. The Labute approximate surface area is 188 Å². The second-order valence-corrected chi connectivity index (χ2v) is 7.51. The number of rotatable bonds is 12. The molecule has 0 bridgehead atoms. The summed E-state index contributed by atoms with van der Waals surface area (Å²) in [7, 11) is 0. The average molecular weight is 461 g/mol. The van der Waals surface area contributed by atoms with E-state index >= 15 is 0 Å². The summed E-state index contributed by atoms with van der Waals surface area (Å²) in [6.45, 7) is 0.780. The molecule has 12 nitrogen and oxygen atoms in total. The van der Waals surface area contributed by atoms with E-state index < -0.39 is 54.3 Å². The van der Waals surface area contributed by atoms with Gasteiger partial charge in [0.15, 0.2) is 0 Å². The number of fused-ring (bicyclic) bond motifs is 1. The van der Waals surface area contributed by atoms with E-state index in [4.69, 9.17) is 15.9 Å². The summed E-state index contributed by atoms with van der Waals surface area (Å²) in [4.78, 5) is 61.8. The molecular formula is C21H27N5O7. The molecule has 1 heterocycles. The van der Waals surface area contributed by atoms with E-state index in [1.807, 2.05) is 24.3 Å². The molecule has 3 atom stereocenters. The van der Waals surface area contributed by atoms with Crippen LogP contribution in [0.2, 0.25) is 0 Å². The van der Waals surface area contributed by atoms with Crippen molar-refractivity contribution in [3.8, 4) is 0 Å². The largest absolute Gasteiger partial charge is 0.481 e. The van der Waals surface area contributed by atoms with Crippen molar-refractivity contribution in [3.05, 3.63) is 36.0 Å². The van der Waals surface area contributed by atoms with Gasteiger partial charge in [-0.3, -0.25) is 24.0 Å². The van der Waals surface area contributed by atoms with E-state index in [0.717, 1.165) is 16.5 Å². The van der Waals surface area contributed by atoms with Gasteiger partial charge < -0.3 is 36.9 Å². The van der Waals surface area contributed by atoms with Crippen molar-refractivity contribution in [1.82, 2.24) is 20.9 Å². The number of aliphatic carboxylic acids is 2. The van der Waals surface area contributed by atoms with Crippen LogP contribution in [0.4, 0.5) is 0 Å². The van der Waals surface area contributed by atoms with Gasteiger partial charge in [-0.1, -0.05) is 18.2 Å². The minimum atomic E-state index is -1.23. The van der Waals surface area contributed by atoms with Gasteiger partial charge in [-0.25, -0.2) is 0 Å². The first-order valence-corrected chi connectivity index (χ1v) is 10.2. The van der Waals surface area contributed by atoms with Gasteiger partial charge in [-0.15, -0.1) is 0 Å². The van der Waals surface area contributed by atoms with E-state index in [-0.39, 0.29) is 19.3 Å². The number of aromatic nitrogens is 1. The minimum Gasteiger partial charge on any atom is -0.481 e. The molecule has 3 unspecified atom stereocenters. The van der Waals surface area contributed by atoms with E-state index in [1.54, 1.807) is 6.20 Å². The SMILES string of the molecule is CC(NC(=O)CNC(=O)C(Cc1c[nH]c2ccccc12)NC(=O)C(N)CCC(=O)O)C(=O)O. The molecule has 3 amide bonds. The first-order valence-electron chi connectivity index (χ1n) is 10.2. The highest BCUT2D eigenvalue weighted by molar-refractivity contribution is 5.93. The number of nitrogens with two attached hydrogens (primary N) is 1. The summed E-state index contributed by atoms with van der Waals surface area (Å²) in [5.74, 6) is -4.44. The summed E-state index contributed by atoms with van der Waals surface area (Å²) < 4.78 is 0. The Bertz CT molecular complexity index is 1030. The van der Waals surface area contributed by atoms with Crippen LogP contribution in [0.3, 0.4) is 0 Å². The fourth-order valence-electron chi connectivity index (χ4n) is 3.06. The van der Waals surface area contributed by atoms with Crippen LogP contribution in [0, 0.1) is 0 Å². The molecule has 0 fully saturated rings. The van der Waals surface area contributed by atoms with Crippen molar-refractivity contribution in [3.63, 3.8) is 0 Å². The number of carboxylic acid groups (broad SMARTS) is 2. The van der Waals surface area contributed by atoms with E-state index in [0.29, 0.717) is 0 Å². The second kappa shape index (κ2) is 11.6. The molecule has 1 aromatic carbocycles. The first-order chi connectivity index (χ1) is 15.6. The molecule has 33 heavy (non-hydrogen) atoms. The predicted octanol–water partition coefficient (Wildman–Crippen LogP) is -0.907. The molecule has 2 aromatic rings. The van der Waals surface area contributed by atoms with Crippen LogP contribution in [0.5, 0.6) is 0 Å². The number of amides is 3. The zero-order valence-corrected chi connectivity index (χ0v) is 18.0. The Hall–Kier alpha value is -3.93. The highest BCUT2D eigenvalue weighted by Gasteiger charge is 2.26. The second-order valence-electron chi connectivity index (χ2n) is 7.51. The van der Waals surface area contributed by atoms with Crippen molar-refractivity contribution in [2.24, 2.45) is 5.73 Å². The number of carbonyl (C=O) groups is 5. The van der Waals surface area contributed by atoms with Gasteiger partial charge in [-0.05, 0) is 25.0 Å². The van der Waals surface area contributed by atoms with Gasteiger partial charge in [0.2, 0.25) is 17.7 Å². The fourth-order valence-corrected chi connectivity index (χ4v) is 3.06. The van der Waals surface area contributed by atoms with Crippen LogP contribution >= 0.6 is 0 Å². The number of carbonyl (C=O) groups excluding carboxylic acids is 3. The van der Waals surface area contributed by atoms with E-state index in [9.17, 15) is 24.0 Å². The summed E-state index contributed by atoms with van der Waals surface area (Å²) >= 11 is 0. The minimum absolute atomic E-state index is 0.0698. The third kappa shape index (κ3) is 7.61. The van der Waals surface area contributed by atoms with Gasteiger partial charge in [0, 0.05) is 29.9 Å². The highest BCUT2D eigenvalue weighted by Crippen LogP contribution is 2.19. The number of para-hydroxylation sites is 1. The third-order valence-corrected chi connectivity index (χ3v) is 4.91. The molecule has 0 aliphatic rings. The molecule has 0 aliphatic carbocycles. The lowest BCUT2D eigenvalue weighted by Crippen LogP contribution is -2.54. The van der Waals surface area contributed by atoms with Crippen molar-refractivity contribution in [2.45, 2.75) is 44.3 Å². The Morgan fingerprint density at radius 3 is 2.42 bits per heavy atom. The molecule has 0 spiro atoms. The van der Waals surface area contributed by atoms with E-state index in [2.05, 4.69) is 20.9 Å². The van der Waals surface area contributed by atoms with Gasteiger partial charge in [0.25, 0.3) is 0 Å². The van der Waals surface area contributed by atoms with Gasteiger partial charge in [0.05, 0.1) is 12.6 Å². The van der Waals surface area contributed by atoms with Crippen LogP contribution in [-0.4, -0.2) is 69.5 Å². The standard InChI is InChI=1S/C21H27N5O7/c1-11(21(32)33)25-17(27)10-24-20(31)16(26-19(30)14(22)6-7-18(28)29)8-12-9-23-15-5-3-2-4-13(12)15/h2-5,9,11,14,16,23H,6-8,10,22H2,1H3,(H,24,31)(H,25,27)(H,26,30)(H,28,29)(H,32,33). The van der Waals surface area contributed by atoms with Crippen molar-refractivity contribution in [2.75, 3.05) is 6.54 Å². The zero-order chi connectivity index (χ0) is 24.5. The number of aromatic amines is 1. The summed E-state index contributed by atoms with van der Waals surface area (Å²) in [5.41, 5.74) is 7.31. The van der Waals surface area contributed by atoms with Gasteiger partial charge >= 0.3 is 11.9 Å². The monoisotopic (exact) mass is 461 g/mol. The smallest absolute Gasteiger partial charge is 0.325 e.